The van der Waals surface area contributed by atoms with Crippen LogP contribution in [0.3, 0.4) is 0 Å². The predicted octanol–water partition coefficient (Wildman–Crippen LogP) is 4.98. The lowest BCUT2D eigenvalue weighted by atomic mass is 10.1. The lowest BCUT2D eigenvalue weighted by Gasteiger charge is -1.97. The van der Waals surface area contributed by atoms with E-state index in [9.17, 15) is 0 Å². The van der Waals surface area contributed by atoms with Crippen molar-refractivity contribution in [2.75, 3.05) is 11.9 Å². The van der Waals surface area contributed by atoms with Gasteiger partial charge < -0.3 is 10.3 Å². The van der Waals surface area contributed by atoms with Crippen molar-refractivity contribution in [2.45, 2.75) is 6.42 Å². The lowest BCUT2D eigenvalue weighted by molar-refractivity contribution is 1.11. The highest BCUT2D eigenvalue weighted by molar-refractivity contribution is 6.05. The number of H-pyrrole nitrogens is 1. The Labute approximate surface area is 129 Å². The molecule has 2 N–H and O–H groups in total. The highest BCUT2D eigenvalue weighted by atomic mass is 14.9. The molecule has 0 unspecified atom stereocenters. The van der Waals surface area contributed by atoms with Crippen LogP contribution < -0.4 is 5.32 Å². The van der Waals surface area contributed by atoms with Crippen molar-refractivity contribution < 1.29 is 0 Å². The van der Waals surface area contributed by atoms with Crippen LogP contribution in [0.1, 0.15) is 5.56 Å². The van der Waals surface area contributed by atoms with E-state index in [1.54, 1.807) is 0 Å². The van der Waals surface area contributed by atoms with E-state index in [2.05, 4.69) is 77.0 Å². The molecule has 3 aromatic carbocycles. The van der Waals surface area contributed by atoms with Gasteiger partial charge in [-0.15, -0.1) is 0 Å². The number of hydrogen-bond donors (Lipinski definition) is 2. The molecule has 0 atom stereocenters. The largest absolute Gasteiger partial charge is 0.384 e. The summed E-state index contributed by atoms with van der Waals surface area (Å²) in [5, 5.41) is 7.16. The topological polar surface area (TPSA) is 27.8 Å². The van der Waals surface area contributed by atoms with Crippen LogP contribution in [0, 0.1) is 0 Å². The molecule has 1 aromatic heterocycles. The van der Waals surface area contributed by atoms with Gasteiger partial charge in [0.05, 0.1) is 5.52 Å². The molecule has 1 aliphatic rings. The zero-order valence-electron chi connectivity index (χ0n) is 12.3. The van der Waals surface area contributed by atoms with E-state index in [1.807, 2.05) is 6.20 Å². The van der Waals surface area contributed by atoms with Gasteiger partial charge in [0.15, 0.2) is 0 Å². The summed E-state index contributed by atoms with van der Waals surface area (Å²) >= 11 is 0. The molecule has 22 heavy (non-hydrogen) atoms. The SMILES string of the molecule is c1ccc2c(c1)CCN2.c1ccc2c(c1)ccc1cc[nH]c12. The normalized spacial score (nSPS) is 12.5. The van der Waals surface area contributed by atoms with E-state index in [-0.39, 0.29) is 0 Å². The second-order valence-corrected chi connectivity index (χ2v) is 5.56. The van der Waals surface area contributed by atoms with Gasteiger partial charge in [0, 0.05) is 29.2 Å². The number of aromatic amines is 1. The average Bonchev–Trinajstić information content (AvgIpc) is 3.24. The van der Waals surface area contributed by atoms with E-state index >= 15 is 0 Å². The number of rotatable bonds is 0. The molecule has 0 fully saturated rings. The van der Waals surface area contributed by atoms with E-state index in [1.165, 1.54) is 39.3 Å². The third-order valence-corrected chi connectivity index (χ3v) is 4.18. The number of para-hydroxylation sites is 1. The molecule has 2 heterocycles. The molecule has 4 aromatic rings. The van der Waals surface area contributed by atoms with Crippen molar-refractivity contribution in [2.24, 2.45) is 0 Å². The maximum absolute atomic E-state index is 3.30. The minimum atomic E-state index is 1.11. The predicted molar refractivity (Wildman–Crippen MR) is 94.4 cm³/mol. The summed E-state index contributed by atoms with van der Waals surface area (Å²) in [6, 6.07) is 23.3. The van der Waals surface area contributed by atoms with Crippen LogP contribution >= 0.6 is 0 Å². The van der Waals surface area contributed by atoms with Crippen LogP contribution in [0.2, 0.25) is 0 Å². The molecule has 2 heteroatoms. The first-order valence-electron chi connectivity index (χ1n) is 7.68. The lowest BCUT2D eigenvalue weighted by Crippen LogP contribution is -1.90. The fourth-order valence-electron chi connectivity index (χ4n) is 3.05. The molecular formula is C20H18N2. The van der Waals surface area contributed by atoms with E-state index in [4.69, 9.17) is 0 Å². The highest BCUT2D eigenvalue weighted by Gasteiger charge is 2.05. The highest BCUT2D eigenvalue weighted by Crippen LogP contribution is 2.23. The average molecular weight is 286 g/mol. The third-order valence-electron chi connectivity index (χ3n) is 4.18. The quantitative estimate of drug-likeness (QED) is 0.469. The Morgan fingerprint density at radius 3 is 2.50 bits per heavy atom. The van der Waals surface area contributed by atoms with Gasteiger partial charge >= 0.3 is 0 Å². The summed E-state index contributed by atoms with van der Waals surface area (Å²) in [7, 11) is 0. The van der Waals surface area contributed by atoms with Crippen molar-refractivity contribution in [3.63, 3.8) is 0 Å². The van der Waals surface area contributed by atoms with Gasteiger partial charge in [0.2, 0.25) is 0 Å². The van der Waals surface area contributed by atoms with Crippen LogP contribution in [0.15, 0.2) is 72.9 Å². The van der Waals surface area contributed by atoms with Crippen LogP contribution in [0.4, 0.5) is 5.69 Å². The summed E-state index contributed by atoms with van der Waals surface area (Å²) in [6.07, 6.45) is 3.17. The Morgan fingerprint density at radius 2 is 1.55 bits per heavy atom. The standard InChI is InChI=1S/C12H9N.C8H9N/c1-2-4-11-9(3-1)5-6-10-7-8-13-12(10)11;1-2-4-8-7(3-1)5-6-9-8/h1-8,13H;1-4,9H,5-6H2. The smallest absolute Gasteiger partial charge is 0.0533 e. The first kappa shape index (κ1) is 13.0. The van der Waals surface area contributed by atoms with Crippen LogP contribution in [0.25, 0.3) is 21.7 Å². The fourth-order valence-corrected chi connectivity index (χ4v) is 3.05. The Balaban J connectivity index is 0.000000122. The summed E-state index contributed by atoms with van der Waals surface area (Å²) in [5.74, 6) is 0. The molecule has 0 amide bonds. The van der Waals surface area contributed by atoms with Gasteiger partial charge in [-0.05, 0) is 29.5 Å². The van der Waals surface area contributed by atoms with Crippen molar-refractivity contribution in [3.8, 4) is 0 Å². The van der Waals surface area contributed by atoms with Gasteiger partial charge in [-0.1, -0.05) is 54.6 Å². The van der Waals surface area contributed by atoms with Crippen LogP contribution in [0.5, 0.6) is 0 Å². The van der Waals surface area contributed by atoms with E-state index < -0.39 is 0 Å². The second-order valence-electron chi connectivity index (χ2n) is 5.56. The monoisotopic (exact) mass is 286 g/mol. The zero-order chi connectivity index (χ0) is 14.8. The molecule has 0 spiro atoms. The van der Waals surface area contributed by atoms with Crippen LogP contribution in [-0.2, 0) is 6.42 Å². The number of benzene rings is 3. The molecule has 0 aliphatic carbocycles. The Bertz CT molecular complexity index is 898. The fraction of sp³-hybridized carbons (Fsp3) is 0.100. The number of anilines is 1. The van der Waals surface area contributed by atoms with E-state index in [0.717, 1.165) is 6.54 Å². The van der Waals surface area contributed by atoms with Gasteiger partial charge in [-0.3, -0.25) is 0 Å². The number of aromatic nitrogens is 1. The van der Waals surface area contributed by atoms with Gasteiger partial charge in [0.25, 0.3) is 0 Å². The van der Waals surface area contributed by atoms with Crippen molar-refractivity contribution in [3.05, 3.63) is 78.5 Å². The Kier molecular flexibility index (Phi) is 3.28. The van der Waals surface area contributed by atoms with Gasteiger partial charge in [-0.25, -0.2) is 0 Å². The number of fused-ring (bicyclic) bond motifs is 4. The molecule has 0 saturated carbocycles. The molecule has 108 valence electrons. The summed E-state index contributed by atoms with van der Waals surface area (Å²) in [5.41, 5.74) is 4.01. The number of nitrogens with one attached hydrogen (secondary N) is 2. The second kappa shape index (κ2) is 5.57. The minimum Gasteiger partial charge on any atom is -0.384 e. The first-order chi connectivity index (χ1) is 10.9. The summed E-state index contributed by atoms with van der Waals surface area (Å²) in [4.78, 5) is 3.26. The summed E-state index contributed by atoms with van der Waals surface area (Å²) in [6.45, 7) is 1.11. The molecule has 0 radical (unpaired) electrons. The minimum absolute atomic E-state index is 1.11. The molecule has 0 bridgehead atoms. The zero-order valence-corrected chi connectivity index (χ0v) is 12.3. The first-order valence-corrected chi connectivity index (χ1v) is 7.68. The molecule has 0 saturated heterocycles. The number of hydrogen-bond acceptors (Lipinski definition) is 1. The van der Waals surface area contributed by atoms with Crippen LogP contribution in [-0.4, -0.2) is 11.5 Å². The van der Waals surface area contributed by atoms with Crippen molar-refractivity contribution >= 4 is 27.4 Å². The maximum Gasteiger partial charge on any atom is 0.0533 e. The van der Waals surface area contributed by atoms with E-state index in [0.29, 0.717) is 0 Å². The Hall–Kier alpha value is -2.74. The van der Waals surface area contributed by atoms with Crippen molar-refractivity contribution in [1.82, 2.24) is 4.98 Å². The molecule has 5 rings (SSSR count). The maximum atomic E-state index is 3.30. The molecular weight excluding hydrogens is 268 g/mol. The van der Waals surface area contributed by atoms with Gasteiger partial charge in [0.1, 0.15) is 0 Å². The Morgan fingerprint density at radius 1 is 0.727 bits per heavy atom. The molecule has 2 nitrogen and oxygen atoms in total. The third kappa shape index (κ3) is 2.33. The molecule has 1 aliphatic heterocycles. The summed E-state index contributed by atoms with van der Waals surface area (Å²) < 4.78 is 0. The van der Waals surface area contributed by atoms with Gasteiger partial charge in [-0.2, -0.15) is 0 Å². The van der Waals surface area contributed by atoms with Crippen molar-refractivity contribution in [1.29, 1.82) is 0 Å².